The quantitative estimate of drug-likeness (QED) is 0.556. The lowest BCUT2D eigenvalue weighted by Gasteiger charge is -2.04. The molecule has 0 radical (unpaired) electrons. The van der Waals surface area contributed by atoms with Crippen LogP contribution in [0, 0.1) is 6.92 Å². The Balaban J connectivity index is 3.50. The minimum Gasteiger partial charge on any atom is -0.398 e. The molecule has 0 atom stereocenters. The molecule has 0 aliphatic carbocycles. The fraction of sp³-hybridized carbons (Fsp3) is 0.143. The number of halogens is 1. The van der Waals surface area contributed by atoms with Crippen LogP contribution in [0.4, 0.5) is 5.69 Å². The van der Waals surface area contributed by atoms with Gasteiger partial charge in [-0.1, -0.05) is 11.6 Å². The van der Waals surface area contributed by atoms with Crippen molar-refractivity contribution in [3.8, 4) is 0 Å². The Morgan fingerprint density at radius 3 is 2.46 bits per heavy atom. The molecular formula is C7H8ClNO3S. The Labute approximate surface area is 81.1 Å². The second-order valence-electron chi connectivity index (χ2n) is 2.61. The van der Waals surface area contributed by atoms with Crippen LogP contribution in [0.5, 0.6) is 0 Å². The van der Waals surface area contributed by atoms with Crippen molar-refractivity contribution in [2.24, 2.45) is 0 Å². The van der Waals surface area contributed by atoms with Gasteiger partial charge < -0.3 is 5.73 Å². The van der Waals surface area contributed by atoms with Crippen LogP contribution >= 0.6 is 11.6 Å². The average Bonchev–Trinajstić information content (AvgIpc) is 1.94. The molecule has 1 aromatic rings. The van der Waals surface area contributed by atoms with Gasteiger partial charge in [-0.3, -0.25) is 4.55 Å². The van der Waals surface area contributed by atoms with E-state index < -0.39 is 10.1 Å². The first-order chi connectivity index (χ1) is 5.82. The van der Waals surface area contributed by atoms with Gasteiger partial charge in [0, 0.05) is 5.02 Å². The second kappa shape index (κ2) is 3.17. The van der Waals surface area contributed by atoms with Gasteiger partial charge in [-0.2, -0.15) is 8.42 Å². The third kappa shape index (κ3) is 2.12. The molecule has 0 saturated carbocycles. The van der Waals surface area contributed by atoms with E-state index in [1.807, 2.05) is 0 Å². The molecule has 0 amide bonds. The van der Waals surface area contributed by atoms with Crippen LogP contribution in [0.2, 0.25) is 5.02 Å². The van der Waals surface area contributed by atoms with Crippen LogP contribution in [0.25, 0.3) is 0 Å². The smallest absolute Gasteiger partial charge is 0.296 e. The molecule has 3 N–H and O–H groups in total. The van der Waals surface area contributed by atoms with Gasteiger partial charge in [0.05, 0.1) is 5.69 Å². The highest BCUT2D eigenvalue weighted by Crippen LogP contribution is 2.25. The summed E-state index contributed by atoms with van der Waals surface area (Å²) < 4.78 is 30.2. The number of benzene rings is 1. The van der Waals surface area contributed by atoms with Crippen LogP contribution in [0.1, 0.15) is 5.56 Å². The van der Waals surface area contributed by atoms with E-state index in [0.29, 0.717) is 10.6 Å². The Kier molecular flexibility index (Phi) is 2.51. The summed E-state index contributed by atoms with van der Waals surface area (Å²) in [6, 6.07) is 2.52. The highest BCUT2D eigenvalue weighted by molar-refractivity contribution is 7.86. The topological polar surface area (TPSA) is 80.4 Å². The molecular weight excluding hydrogens is 214 g/mol. The summed E-state index contributed by atoms with van der Waals surface area (Å²) in [5, 5.41) is 0.366. The molecule has 72 valence electrons. The van der Waals surface area contributed by atoms with E-state index in [4.69, 9.17) is 21.9 Å². The molecule has 0 aliphatic heterocycles. The number of nitrogens with two attached hydrogens (primary N) is 1. The maximum absolute atomic E-state index is 10.7. The number of rotatable bonds is 1. The number of hydrogen-bond acceptors (Lipinski definition) is 3. The van der Waals surface area contributed by atoms with E-state index in [1.54, 1.807) is 6.92 Å². The van der Waals surface area contributed by atoms with Gasteiger partial charge in [-0.15, -0.1) is 0 Å². The van der Waals surface area contributed by atoms with Crippen molar-refractivity contribution in [2.75, 3.05) is 5.73 Å². The zero-order chi connectivity index (χ0) is 10.2. The van der Waals surface area contributed by atoms with E-state index in [9.17, 15) is 8.42 Å². The highest BCUT2D eigenvalue weighted by atomic mass is 35.5. The lowest BCUT2D eigenvalue weighted by atomic mass is 10.2. The molecule has 13 heavy (non-hydrogen) atoms. The van der Waals surface area contributed by atoms with Crippen LogP contribution < -0.4 is 5.73 Å². The summed E-state index contributed by atoms with van der Waals surface area (Å²) >= 11 is 5.68. The predicted octanol–water partition coefficient (Wildman–Crippen LogP) is 1.48. The molecule has 0 saturated heterocycles. The first-order valence-corrected chi connectivity index (χ1v) is 5.17. The SMILES string of the molecule is Cc1cc(S(=O)(=O)O)c(N)cc1Cl. The second-order valence-corrected chi connectivity index (χ2v) is 4.41. The molecule has 1 aromatic carbocycles. The van der Waals surface area contributed by atoms with Crippen LogP contribution in [-0.4, -0.2) is 13.0 Å². The molecule has 0 bridgehead atoms. The van der Waals surface area contributed by atoms with E-state index in [1.165, 1.54) is 12.1 Å². The summed E-state index contributed by atoms with van der Waals surface area (Å²) in [5.41, 5.74) is 5.84. The monoisotopic (exact) mass is 221 g/mol. The largest absolute Gasteiger partial charge is 0.398 e. The summed E-state index contributed by atoms with van der Waals surface area (Å²) in [6.45, 7) is 1.62. The molecule has 0 unspecified atom stereocenters. The zero-order valence-corrected chi connectivity index (χ0v) is 8.35. The molecule has 0 fully saturated rings. The van der Waals surface area contributed by atoms with Gasteiger partial charge in [0.15, 0.2) is 0 Å². The van der Waals surface area contributed by atoms with Gasteiger partial charge in [-0.25, -0.2) is 0 Å². The van der Waals surface area contributed by atoms with Crippen molar-refractivity contribution in [1.29, 1.82) is 0 Å². The van der Waals surface area contributed by atoms with Crippen molar-refractivity contribution in [3.63, 3.8) is 0 Å². The molecule has 4 nitrogen and oxygen atoms in total. The molecule has 0 aliphatic rings. The maximum Gasteiger partial charge on any atom is 0.296 e. The fourth-order valence-electron chi connectivity index (χ4n) is 0.894. The molecule has 1 rings (SSSR count). The van der Waals surface area contributed by atoms with Gasteiger partial charge >= 0.3 is 0 Å². The Bertz CT molecular complexity index is 441. The number of anilines is 1. The van der Waals surface area contributed by atoms with Crippen LogP contribution in [-0.2, 0) is 10.1 Å². The summed E-state index contributed by atoms with van der Waals surface area (Å²) in [6.07, 6.45) is 0. The minimum atomic E-state index is -4.26. The molecule has 0 aromatic heterocycles. The van der Waals surface area contributed by atoms with Crippen molar-refractivity contribution in [2.45, 2.75) is 11.8 Å². The van der Waals surface area contributed by atoms with Crippen molar-refractivity contribution >= 4 is 27.4 Å². The molecule has 6 heteroatoms. The Morgan fingerprint density at radius 1 is 1.46 bits per heavy atom. The molecule has 0 spiro atoms. The van der Waals surface area contributed by atoms with Crippen molar-refractivity contribution in [3.05, 3.63) is 22.7 Å². The third-order valence-corrected chi connectivity index (χ3v) is 2.89. The number of hydrogen-bond donors (Lipinski definition) is 2. The van der Waals surface area contributed by atoms with E-state index in [2.05, 4.69) is 0 Å². The first kappa shape index (κ1) is 10.3. The van der Waals surface area contributed by atoms with E-state index in [0.717, 1.165) is 0 Å². The van der Waals surface area contributed by atoms with Gasteiger partial charge in [0.25, 0.3) is 10.1 Å². The van der Waals surface area contributed by atoms with E-state index >= 15 is 0 Å². The number of nitrogen functional groups attached to an aromatic ring is 1. The summed E-state index contributed by atoms with van der Waals surface area (Å²) in [7, 11) is -4.26. The lowest BCUT2D eigenvalue weighted by Crippen LogP contribution is -2.03. The van der Waals surface area contributed by atoms with Crippen LogP contribution in [0.15, 0.2) is 17.0 Å². The van der Waals surface area contributed by atoms with Crippen molar-refractivity contribution in [1.82, 2.24) is 0 Å². The molecule has 0 heterocycles. The summed E-state index contributed by atoms with van der Waals surface area (Å²) in [4.78, 5) is -0.311. The third-order valence-electron chi connectivity index (χ3n) is 1.57. The predicted molar refractivity (Wildman–Crippen MR) is 50.4 cm³/mol. The standard InChI is InChI=1S/C7H8ClNO3S/c1-4-2-7(13(10,11)12)6(9)3-5(4)8/h2-3H,9H2,1H3,(H,10,11,12). The number of aryl methyl sites for hydroxylation is 1. The van der Waals surface area contributed by atoms with Crippen LogP contribution in [0.3, 0.4) is 0 Å². The van der Waals surface area contributed by atoms with Gasteiger partial charge in [-0.05, 0) is 24.6 Å². The van der Waals surface area contributed by atoms with Gasteiger partial charge in [0.2, 0.25) is 0 Å². The highest BCUT2D eigenvalue weighted by Gasteiger charge is 2.15. The maximum atomic E-state index is 10.7. The Morgan fingerprint density at radius 2 is 2.00 bits per heavy atom. The first-order valence-electron chi connectivity index (χ1n) is 3.35. The fourth-order valence-corrected chi connectivity index (χ4v) is 1.75. The zero-order valence-electron chi connectivity index (χ0n) is 6.78. The Hall–Kier alpha value is -0.780. The minimum absolute atomic E-state index is 0.0573. The van der Waals surface area contributed by atoms with E-state index in [-0.39, 0.29) is 10.6 Å². The average molecular weight is 222 g/mol. The normalized spacial score (nSPS) is 11.6. The lowest BCUT2D eigenvalue weighted by molar-refractivity contribution is 0.483. The van der Waals surface area contributed by atoms with Crippen molar-refractivity contribution < 1.29 is 13.0 Å². The summed E-state index contributed by atoms with van der Waals surface area (Å²) in [5.74, 6) is 0. The van der Waals surface area contributed by atoms with Gasteiger partial charge in [0.1, 0.15) is 4.90 Å².